The minimum Gasteiger partial charge on any atom is -0.422 e. The Morgan fingerprint density at radius 3 is 2.48 bits per heavy atom. The number of carbonyl (C=O) groups is 2. The molecule has 0 spiro atoms. The minimum atomic E-state index is -0.622. The Morgan fingerprint density at radius 1 is 1.04 bits per heavy atom. The van der Waals surface area contributed by atoms with E-state index in [9.17, 15) is 14.4 Å². The second-order valence-electron chi connectivity index (χ2n) is 6.61. The van der Waals surface area contributed by atoms with Crippen molar-refractivity contribution in [1.82, 2.24) is 9.80 Å². The van der Waals surface area contributed by atoms with Gasteiger partial charge in [0.2, 0.25) is 5.91 Å². The van der Waals surface area contributed by atoms with E-state index < -0.39 is 5.63 Å². The monoisotopic (exact) mass is 342 g/mol. The first-order valence-electron chi connectivity index (χ1n) is 8.58. The molecule has 1 aliphatic rings. The number of hydrogen-bond acceptors (Lipinski definition) is 4. The van der Waals surface area contributed by atoms with Gasteiger partial charge in [-0.2, -0.15) is 0 Å². The average Bonchev–Trinajstić information content (AvgIpc) is 2.86. The molecule has 2 aromatic rings. The van der Waals surface area contributed by atoms with Crippen molar-refractivity contribution < 1.29 is 14.0 Å². The maximum atomic E-state index is 12.8. The molecule has 25 heavy (non-hydrogen) atoms. The van der Waals surface area contributed by atoms with E-state index >= 15 is 0 Å². The molecule has 1 aliphatic heterocycles. The highest BCUT2D eigenvalue weighted by Gasteiger charge is 2.25. The molecule has 0 atom stereocenters. The van der Waals surface area contributed by atoms with Gasteiger partial charge < -0.3 is 14.2 Å². The van der Waals surface area contributed by atoms with Crippen LogP contribution >= 0.6 is 0 Å². The third kappa shape index (κ3) is 3.57. The first-order valence-corrected chi connectivity index (χ1v) is 8.58. The molecule has 0 N–H and O–H groups in total. The third-order valence-electron chi connectivity index (χ3n) is 4.46. The molecule has 2 heterocycles. The number of nitrogens with zero attached hydrogens (tertiary/aromatic N) is 2. The quantitative estimate of drug-likeness (QED) is 0.784. The first-order chi connectivity index (χ1) is 12.0. The predicted molar refractivity (Wildman–Crippen MR) is 94.4 cm³/mol. The zero-order valence-corrected chi connectivity index (χ0v) is 14.5. The normalized spacial score (nSPS) is 15.5. The topological polar surface area (TPSA) is 70.8 Å². The van der Waals surface area contributed by atoms with E-state index in [0.29, 0.717) is 38.2 Å². The van der Waals surface area contributed by atoms with Crippen LogP contribution in [0.5, 0.6) is 0 Å². The molecule has 0 radical (unpaired) electrons. The van der Waals surface area contributed by atoms with Crippen LogP contribution in [0.2, 0.25) is 0 Å². The summed E-state index contributed by atoms with van der Waals surface area (Å²) in [6.07, 6.45) is 0.698. The fourth-order valence-electron chi connectivity index (χ4n) is 3.09. The van der Waals surface area contributed by atoms with Gasteiger partial charge in [0.1, 0.15) is 11.1 Å². The molecule has 0 bridgehead atoms. The third-order valence-corrected chi connectivity index (χ3v) is 4.46. The lowest BCUT2D eigenvalue weighted by molar-refractivity contribution is -0.134. The number of hydrogen-bond donors (Lipinski definition) is 0. The van der Waals surface area contributed by atoms with Gasteiger partial charge >= 0.3 is 5.63 Å². The summed E-state index contributed by atoms with van der Waals surface area (Å²) in [7, 11) is 0. The van der Waals surface area contributed by atoms with E-state index in [4.69, 9.17) is 4.42 Å². The maximum absolute atomic E-state index is 12.8. The Bertz CT molecular complexity index is 856. The lowest BCUT2D eigenvalue weighted by Gasteiger charge is -2.23. The van der Waals surface area contributed by atoms with Crippen LogP contribution in [0.3, 0.4) is 0 Å². The summed E-state index contributed by atoms with van der Waals surface area (Å²) < 4.78 is 5.26. The second-order valence-corrected chi connectivity index (χ2v) is 6.61. The summed E-state index contributed by atoms with van der Waals surface area (Å²) in [5.74, 6) is -0.298. The lowest BCUT2D eigenvalue weighted by Crippen LogP contribution is -2.39. The zero-order chi connectivity index (χ0) is 18.0. The summed E-state index contributed by atoms with van der Waals surface area (Å²) in [5, 5.41) is 0.719. The van der Waals surface area contributed by atoms with Crippen molar-refractivity contribution in [2.45, 2.75) is 20.3 Å². The molecule has 1 aromatic carbocycles. The molecular formula is C19H22N2O4. The van der Waals surface area contributed by atoms with Gasteiger partial charge in [-0.25, -0.2) is 4.79 Å². The number of para-hydroxylation sites is 1. The molecule has 1 fully saturated rings. The van der Waals surface area contributed by atoms with Crippen molar-refractivity contribution in [2.75, 3.05) is 26.2 Å². The highest BCUT2D eigenvalue weighted by atomic mass is 16.4. The minimum absolute atomic E-state index is 0.0438. The Morgan fingerprint density at radius 2 is 1.72 bits per heavy atom. The van der Waals surface area contributed by atoms with Gasteiger partial charge in [0, 0.05) is 37.5 Å². The predicted octanol–water partition coefficient (Wildman–Crippen LogP) is 2.12. The first kappa shape index (κ1) is 17.2. The van der Waals surface area contributed by atoms with Crippen LogP contribution < -0.4 is 5.63 Å². The van der Waals surface area contributed by atoms with E-state index in [1.54, 1.807) is 34.1 Å². The molecule has 1 aromatic heterocycles. The van der Waals surface area contributed by atoms with Gasteiger partial charge in [-0.1, -0.05) is 32.0 Å². The van der Waals surface area contributed by atoms with Gasteiger partial charge in [0.25, 0.3) is 5.91 Å². The number of rotatable bonds is 2. The molecular weight excluding hydrogens is 320 g/mol. The average molecular weight is 342 g/mol. The number of amides is 2. The summed E-state index contributed by atoms with van der Waals surface area (Å²) in [6, 6.07) is 8.71. The molecule has 0 saturated carbocycles. The van der Waals surface area contributed by atoms with E-state index in [1.807, 2.05) is 19.9 Å². The van der Waals surface area contributed by atoms with Gasteiger partial charge in [-0.15, -0.1) is 0 Å². The Hall–Kier alpha value is -2.63. The van der Waals surface area contributed by atoms with E-state index in [-0.39, 0.29) is 23.3 Å². The van der Waals surface area contributed by atoms with Crippen LogP contribution in [-0.2, 0) is 4.79 Å². The summed E-state index contributed by atoms with van der Waals surface area (Å²) in [4.78, 5) is 40.6. The van der Waals surface area contributed by atoms with Gasteiger partial charge in [-0.3, -0.25) is 9.59 Å². The van der Waals surface area contributed by atoms with Gasteiger partial charge in [0.15, 0.2) is 0 Å². The summed E-state index contributed by atoms with van der Waals surface area (Å²) >= 11 is 0. The highest BCUT2D eigenvalue weighted by molar-refractivity contribution is 5.96. The fourth-order valence-corrected chi connectivity index (χ4v) is 3.09. The van der Waals surface area contributed by atoms with E-state index in [0.717, 1.165) is 5.39 Å². The van der Waals surface area contributed by atoms with Gasteiger partial charge in [0.05, 0.1) is 0 Å². The number of fused-ring (bicyclic) bond motifs is 1. The Balaban J connectivity index is 1.80. The molecule has 6 heteroatoms. The molecule has 1 saturated heterocycles. The Labute approximate surface area is 146 Å². The van der Waals surface area contributed by atoms with Crippen LogP contribution in [0.4, 0.5) is 0 Å². The van der Waals surface area contributed by atoms with Crippen molar-refractivity contribution in [1.29, 1.82) is 0 Å². The molecule has 2 amide bonds. The molecule has 0 unspecified atom stereocenters. The van der Waals surface area contributed by atoms with Gasteiger partial charge in [-0.05, 0) is 18.6 Å². The van der Waals surface area contributed by atoms with Crippen molar-refractivity contribution in [3.63, 3.8) is 0 Å². The lowest BCUT2D eigenvalue weighted by atomic mass is 10.1. The van der Waals surface area contributed by atoms with Crippen molar-refractivity contribution in [3.05, 3.63) is 46.3 Å². The summed E-state index contributed by atoms with van der Waals surface area (Å²) in [5.41, 5.74) is -0.112. The van der Waals surface area contributed by atoms with Crippen molar-refractivity contribution in [2.24, 2.45) is 5.92 Å². The van der Waals surface area contributed by atoms with Crippen molar-refractivity contribution >= 4 is 22.8 Å². The summed E-state index contributed by atoms with van der Waals surface area (Å²) in [6.45, 7) is 5.80. The molecule has 6 nitrogen and oxygen atoms in total. The van der Waals surface area contributed by atoms with Crippen molar-refractivity contribution in [3.8, 4) is 0 Å². The molecule has 3 rings (SSSR count). The SMILES string of the molecule is CC(C)C(=O)N1CCCN(C(=O)c2cc3ccccc3oc2=O)CC1. The smallest absolute Gasteiger partial charge is 0.349 e. The zero-order valence-electron chi connectivity index (χ0n) is 14.5. The number of benzene rings is 1. The van der Waals surface area contributed by atoms with E-state index in [2.05, 4.69) is 0 Å². The maximum Gasteiger partial charge on any atom is 0.349 e. The highest BCUT2D eigenvalue weighted by Crippen LogP contribution is 2.15. The largest absolute Gasteiger partial charge is 0.422 e. The second kappa shape index (κ2) is 7.09. The van der Waals surface area contributed by atoms with E-state index in [1.165, 1.54) is 0 Å². The van der Waals surface area contributed by atoms with Crippen LogP contribution in [0.1, 0.15) is 30.6 Å². The standard InChI is InChI=1S/C19H22N2O4/c1-13(2)17(22)20-8-5-9-21(11-10-20)18(23)15-12-14-6-3-4-7-16(14)25-19(15)24/h3-4,6-7,12-13H,5,8-11H2,1-2H3. The van der Waals surface area contributed by atoms with Crippen LogP contribution in [0.25, 0.3) is 11.0 Å². The fraction of sp³-hybridized carbons (Fsp3) is 0.421. The van der Waals surface area contributed by atoms with Crippen LogP contribution in [0.15, 0.2) is 39.5 Å². The number of carbonyl (C=O) groups excluding carboxylic acids is 2. The van der Waals surface area contributed by atoms with Crippen LogP contribution in [-0.4, -0.2) is 47.8 Å². The molecule has 132 valence electrons. The Kier molecular flexibility index (Phi) is 4.88. The van der Waals surface area contributed by atoms with Crippen LogP contribution in [0, 0.1) is 5.92 Å². The molecule has 0 aliphatic carbocycles.